The van der Waals surface area contributed by atoms with Crippen LogP contribution in [0.25, 0.3) is 0 Å². The molecular formula is C12H13ClFN3. The van der Waals surface area contributed by atoms with Crippen LogP contribution in [0, 0.1) is 5.82 Å². The standard InChI is InChI=1S/C12H13ClFN3/c1-8(12-15-4-5-16-12)17-7-9-2-3-10(13)11(14)6-9/h2-6,8,17H,7H2,1H3,(H,15,16). The van der Waals surface area contributed by atoms with E-state index in [1.807, 2.05) is 6.92 Å². The van der Waals surface area contributed by atoms with E-state index < -0.39 is 5.82 Å². The van der Waals surface area contributed by atoms with Gasteiger partial charge in [0, 0.05) is 18.9 Å². The number of hydrogen-bond acceptors (Lipinski definition) is 2. The Bertz CT molecular complexity index is 485. The monoisotopic (exact) mass is 253 g/mol. The molecule has 0 aliphatic heterocycles. The highest BCUT2D eigenvalue weighted by Gasteiger charge is 2.07. The predicted octanol–water partition coefficient (Wildman–Crippen LogP) is 3.05. The van der Waals surface area contributed by atoms with Gasteiger partial charge in [-0.15, -0.1) is 0 Å². The van der Waals surface area contributed by atoms with E-state index in [9.17, 15) is 4.39 Å². The summed E-state index contributed by atoms with van der Waals surface area (Å²) >= 11 is 5.61. The molecule has 0 aliphatic carbocycles. The second-order valence-electron chi connectivity index (χ2n) is 3.83. The van der Waals surface area contributed by atoms with Crippen LogP contribution >= 0.6 is 11.6 Å². The Morgan fingerprint density at radius 1 is 1.53 bits per heavy atom. The number of hydrogen-bond donors (Lipinski definition) is 2. The summed E-state index contributed by atoms with van der Waals surface area (Å²) in [4.78, 5) is 7.17. The van der Waals surface area contributed by atoms with Gasteiger partial charge in [-0.25, -0.2) is 9.37 Å². The summed E-state index contributed by atoms with van der Waals surface area (Å²) < 4.78 is 13.2. The normalized spacial score (nSPS) is 12.6. The lowest BCUT2D eigenvalue weighted by atomic mass is 10.2. The summed E-state index contributed by atoms with van der Waals surface area (Å²) in [6, 6.07) is 4.88. The topological polar surface area (TPSA) is 40.7 Å². The van der Waals surface area contributed by atoms with Gasteiger partial charge in [-0.2, -0.15) is 0 Å². The second kappa shape index (κ2) is 5.29. The summed E-state index contributed by atoms with van der Waals surface area (Å²) in [5.41, 5.74) is 0.852. The van der Waals surface area contributed by atoms with E-state index in [2.05, 4.69) is 15.3 Å². The third-order valence-corrected chi connectivity index (χ3v) is 2.83. The number of rotatable bonds is 4. The smallest absolute Gasteiger partial charge is 0.142 e. The molecule has 1 aromatic carbocycles. The lowest BCUT2D eigenvalue weighted by Gasteiger charge is -2.11. The molecule has 0 aliphatic rings. The molecule has 0 saturated heterocycles. The number of aromatic amines is 1. The highest BCUT2D eigenvalue weighted by Crippen LogP contribution is 2.16. The number of halogens is 2. The average molecular weight is 254 g/mol. The van der Waals surface area contributed by atoms with Gasteiger partial charge in [0.1, 0.15) is 11.6 Å². The van der Waals surface area contributed by atoms with Crippen LogP contribution in [0.1, 0.15) is 24.4 Å². The molecule has 2 rings (SSSR count). The second-order valence-corrected chi connectivity index (χ2v) is 4.23. The molecule has 0 amide bonds. The van der Waals surface area contributed by atoms with Crippen LogP contribution in [0.15, 0.2) is 30.6 Å². The van der Waals surface area contributed by atoms with Crippen molar-refractivity contribution in [2.24, 2.45) is 0 Å². The van der Waals surface area contributed by atoms with Crippen molar-refractivity contribution >= 4 is 11.6 Å². The lowest BCUT2D eigenvalue weighted by Crippen LogP contribution is -2.19. The Kier molecular flexibility index (Phi) is 3.76. The number of nitrogens with one attached hydrogen (secondary N) is 2. The Morgan fingerprint density at radius 2 is 2.35 bits per heavy atom. The maximum absolute atomic E-state index is 13.2. The fraction of sp³-hybridized carbons (Fsp3) is 0.250. The largest absolute Gasteiger partial charge is 0.347 e. The van der Waals surface area contributed by atoms with E-state index in [1.165, 1.54) is 6.07 Å². The van der Waals surface area contributed by atoms with E-state index in [1.54, 1.807) is 24.5 Å². The van der Waals surface area contributed by atoms with Crippen LogP contribution in [0.5, 0.6) is 0 Å². The van der Waals surface area contributed by atoms with Gasteiger partial charge in [-0.1, -0.05) is 17.7 Å². The summed E-state index contributed by atoms with van der Waals surface area (Å²) in [6.07, 6.45) is 3.48. The van der Waals surface area contributed by atoms with Gasteiger partial charge >= 0.3 is 0 Å². The van der Waals surface area contributed by atoms with Crippen LogP contribution in [0.3, 0.4) is 0 Å². The Hall–Kier alpha value is -1.39. The highest BCUT2D eigenvalue weighted by atomic mass is 35.5. The number of H-pyrrole nitrogens is 1. The molecule has 0 spiro atoms. The lowest BCUT2D eigenvalue weighted by molar-refractivity contribution is 0.547. The van der Waals surface area contributed by atoms with Crippen LogP contribution in [-0.2, 0) is 6.54 Å². The molecule has 0 bridgehead atoms. The van der Waals surface area contributed by atoms with Crippen molar-refractivity contribution in [1.82, 2.24) is 15.3 Å². The zero-order chi connectivity index (χ0) is 12.3. The van der Waals surface area contributed by atoms with Crippen molar-refractivity contribution in [3.63, 3.8) is 0 Å². The Morgan fingerprint density at radius 3 is 3.00 bits per heavy atom. The summed E-state index contributed by atoms with van der Waals surface area (Å²) in [5, 5.41) is 3.39. The first-order chi connectivity index (χ1) is 8.16. The minimum absolute atomic E-state index is 0.0868. The predicted molar refractivity (Wildman–Crippen MR) is 65.3 cm³/mol. The maximum Gasteiger partial charge on any atom is 0.142 e. The molecule has 0 saturated carbocycles. The van der Waals surface area contributed by atoms with Crippen molar-refractivity contribution in [2.45, 2.75) is 19.5 Å². The minimum Gasteiger partial charge on any atom is -0.347 e. The molecule has 0 fully saturated rings. The third-order valence-electron chi connectivity index (χ3n) is 2.53. The molecule has 2 N–H and O–H groups in total. The number of nitrogens with zero attached hydrogens (tertiary/aromatic N) is 1. The Labute approximate surface area is 104 Å². The number of benzene rings is 1. The first-order valence-corrected chi connectivity index (χ1v) is 5.71. The van der Waals surface area contributed by atoms with Crippen molar-refractivity contribution in [2.75, 3.05) is 0 Å². The number of imidazole rings is 1. The molecule has 1 aromatic heterocycles. The summed E-state index contributed by atoms with van der Waals surface area (Å²) in [5.74, 6) is 0.469. The molecule has 90 valence electrons. The summed E-state index contributed by atoms with van der Waals surface area (Å²) in [6.45, 7) is 2.56. The van der Waals surface area contributed by atoms with Crippen molar-refractivity contribution in [3.05, 3.63) is 52.8 Å². The van der Waals surface area contributed by atoms with E-state index in [-0.39, 0.29) is 11.1 Å². The zero-order valence-corrected chi connectivity index (χ0v) is 10.1. The van der Waals surface area contributed by atoms with Crippen LogP contribution < -0.4 is 5.32 Å². The van der Waals surface area contributed by atoms with E-state index in [4.69, 9.17) is 11.6 Å². The molecule has 17 heavy (non-hydrogen) atoms. The molecule has 1 heterocycles. The average Bonchev–Trinajstić information content (AvgIpc) is 2.84. The first-order valence-electron chi connectivity index (χ1n) is 5.33. The van der Waals surface area contributed by atoms with Gasteiger partial charge in [-0.3, -0.25) is 0 Å². The van der Waals surface area contributed by atoms with Crippen LogP contribution in [0.4, 0.5) is 4.39 Å². The molecular weight excluding hydrogens is 241 g/mol. The molecule has 0 radical (unpaired) electrons. The molecule has 5 heteroatoms. The van der Waals surface area contributed by atoms with Gasteiger partial charge in [-0.05, 0) is 24.6 Å². The maximum atomic E-state index is 13.2. The van der Waals surface area contributed by atoms with Crippen LogP contribution in [-0.4, -0.2) is 9.97 Å². The van der Waals surface area contributed by atoms with E-state index >= 15 is 0 Å². The van der Waals surface area contributed by atoms with Crippen molar-refractivity contribution < 1.29 is 4.39 Å². The number of aromatic nitrogens is 2. The van der Waals surface area contributed by atoms with Gasteiger partial charge < -0.3 is 10.3 Å². The molecule has 1 atom stereocenters. The third kappa shape index (κ3) is 3.05. The van der Waals surface area contributed by atoms with Gasteiger partial charge in [0.15, 0.2) is 0 Å². The quantitative estimate of drug-likeness (QED) is 0.879. The van der Waals surface area contributed by atoms with E-state index in [0.717, 1.165) is 11.4 Å². The first kappa shape index (κ1) is 12.1. The zero-order valence-electron chi connectivity index (χ0n) is 9.37. The molecule has 3 nitrogen and oxygen atoms in total. The molecule has 2 aromatic rings. The SMILES string of the molecule is CC(NCc1ccc(Cl)c(F)c1)c1ncc[nH]1. The van der Waals surface area contributed by atoms with Crippen molar-refractivity contribution in [3.8, 4) is 0 Å². The fourth-order valence-electron chi connectivity index (χ4n) is 1.53. The molecule has 1 unspecified atom stereocenters. The van der Waals surface area contributed by atoms with Gasteiger partial charge in [0.2, 0.25) is 0 Å². The Balaban J connectivity index is 1.96. The van der Waals surface area contributed by atoms with Crippen LogP contribution in [0.2, 0.25) is 5.02 Å². The highest BCUT2D eigenvalue weighted by molar-refractivity contribution is 6.30. The van der Waals surface area contributed by atoms with Crippen molar-refractivity contribution in [1.29, 1.82) is 0 Å². The van der Waals surface area contributed by atoms with E-state index in [0.29, 0.717) is 6.54 Å². The van der Waals surface area contributed by atoms with Gasteiger partial charge in [0.05, 0.1) is 11.1 Å². The summed E-state index contributed by atoms with van der Waals surface area (Å²) in [7, 11) is 0. The van der Waals surface area contributed by atoms with Gasteiger partial charge in [0.25, 0.3) is 0 Å². The fourth-order valence-corrected chi connectivity index (χ4v) is 1.65. The minimum atomic E-state index is -0.392.